The van der Waals surface area contributed by atoms with E-state index >= 15 is 0 Å². The maximum Gasteiger partial charge on any atom is 0.0186 e. The lowest BCUT2D eigenvalue weighted by Crippen LogP contribution is -1.90. The molecule has 0 aliphatic heterocycles. The van der Waals surface area contributed by atoms with Crippen LogP contribution in [-0.4, -0.2) is 30.8 Å². The van der Waals surface area contributed by atoms with Crippen molar-refractivity contribution in [3.05, 3.63) is 23.6 Å². The molecule has 0 aromatic carbocycles. The molecule has 0 aromatic rings. The molecule has 0 rings (SSSR count). The first-order valence-corrected chi connectivity index (χ1v) is 7.81. The van der Waals surface area contributed by atoms with Crippen LogP contribution < -0.4 is 0 Å². The van der Waals surface area contributed by atoms with Gasteiger partial charge in [0.15, 0.2) is 0 Å². The Morgan fingerprint density at radius 2 is 2.00 bits per heavy atom. The van der Waals surface area contributed by atoms with Crippen molar-refractivity contribution in [3.8, 4) is 0 Å². The normalized spacial score (nSPS) is 14.7. The van der Waals surface area contributed by atoms with Gasteiger partial charge in [0.1, 0.15) is 0 Å². The molecule has 0 heterocycles. The minimum atomic E-state index is -0.504. The fourth-order valence-corrected chi connectivity index (χ4v) is 2.49. The van der Waals surface area contributed by atoms with E-state index in [1.807, 2.05) is 17.8 Å². The van der Waals surface area contributed by atoms with Crippen LogP contribution >= 0.6 is 21.8 Å². The molecule has 0 saturated heterocycles. The molecule has 0 unspecified atom stereocenters. The van der Waals surface area contributed by atoms with Crippen LogP contribution in [-0.2, 0) is 0 Å². The number of hydrogen-bond acceptors (Lipinski definition) is 1. The molecule has 0 N–H and O–H groups in total. The van der Waals surface area contributed by atoms with Crippen molar-refractivity contribution in [2.45, 2.75) is 0 Å². The molecule has 66 valence electrons. The largest absolute Gasteiger partial charge is 0.230 e. The SMILES string of the molecule is C=C/C(=C/S(C)(C)C)CSC. The van der Waals surface area contributed by atoms with Crippen LogP contribution in [0.2, 0.25) is 0 Å². The highest BCUT2D eigenvalue weighted by Crippen LogP contribution is 2.38. The summed E-state index contributed by atoms with van der Waals surface area (Å²) in [6.07, 6.45) is 11.0. The van der Waals surface area contributed by atoms with Crippen LogP contribution in [0.1, 0.15) is 0 Å². The van der Waals surface area contributed by atoms with Crippen molar-refractivity contribution < 1.29 is 0 Å². The van der Waals surface area contributed by atoms with E-state index < -0.39 is 10.0 Å². The monoisotopic (exact) mass is 190 g/mol. The lowest BCUT2D eigenvalue weighted by Gasteiger charge is -2.21. The topological polar surface area (TPSA) is 0 Å². The first kappa shape index (κ1) is 11.2. The zero-order valence-corrected chi connectivity index (χ0v) is 9.52. The maximum atomic E-state index is 3.80. The molecule has 11 heavy (non-hydrogen) atoms. The molecule has 0 fully saturated rings. The Morgan fingerprint density at radius 3 is 2.27 bits per heavy atom. The molecule has 0 atom stereocenters. The third-order valence-electron chi connectivity index (χ3n) is 1.08. The predicted octanol–water partition coefficient (Wildman–Crippen LogP) is 3.11. The zero-order valence-electron chi connectivity index (χ0n) is 7.89. The Bertz CT molecular complexity index is 151. The second kappa shape index (κ2) is 4.94. The summed E-state index contributed by atoms with van der Waals surface area (Å²) in [7, 11) is -0.504. The van der Waals surface area contributed by atoms with Crippen molar-refractivity contribution in [1.29, 1.82) is 0 Å². The van der Waals surface area contributed by atoms with Gasteiger partial charge in [-0.2, -0.15) is 11.8 Å². The van der Waals surface area contributed by atoms with E-state index in [0.29, 0.717) is 0 Å². The molecular weight excluding hydrogens is 172 g/mol. The minimum Gasteiger partial charge on any atom is -0.230 e. The number of hydrogen-bond donors (Lipinski definition) is 0. The number of rotatable bonds is 4. The minimum absolute atomic E-state index is 0.504. The first-order chi connectivity index (χ1) is 4.99. The average molecular weight is 190 g/mol. The van der Waals surface area contributed by atoms with Crippen LogP contribution in [0.15, 0.2) is 23.6 Å². The Hall–Kier alpha value is 0.180. The summed E-state index contributed by atoms with van der Waals surface area (Å²) in [6, 6.07) is 0. The summed E-state index contributed by atoms with van der Waals surface area (Å²) < 4.78 is 0. The van der Waals surface area contributed by atoms with Crippen molar-refractivity contribution in [2.75, 3.05) is 30.8 Å². The van der Waals surface area contributed by atoms with Gasteiger partial charge >= 0.3 is 0 Å². The first-order valence-electron chi connectivity index (χ1n) is 3.50. The van der Waals surface area contributed by atoms with E-state index in [0.717, 1.165) is 5.75 Å². The highest BCUT2D eigenvalue weighted by molar-refractivity contribution is 8.34. The lowest BCUT2D eigenvalue weighted by molar-refractivity contribution is 1.58. The van der Waals surface area contributed by atoms with Gasteiger partial charge in [-0.15, -0.1) is 0 Å². The van der Waals surface area contributed by atoms with Gasteiger partial charge in [-0.25, -0.2) is 10.0 Å². The standard InChI is InChI=1S/C9H18S2/c1-6-9(7-10-2)8-11(3,4)5/h6,8H,1,7H2,2-5H3/b9-8-. The highest BCUT2D eigenvalue weighted by Gasteiger charge is 2.00. The Labute approximate surface area is 76.5 Å². The van der Waals surface area contributed by atoms with Gasteiger partial charge < -0.3 is 0 Å². The summed E-state index contributed by atoms with van der Waals surface area (Å²) in [4.78, 5) is 0. The van der Waals surface area contributed by atoms with Crippen molar-refractivity contribution >= 4 is 21.8 Å². The van der Waals surface area contributed by atoms with Crippen molar-refractivity contribution in [1.82, 2.24) is 0 Å². The molecule has 0 aliphatic rings. The fourth-order valence-electron chi connectivity index (χ4n) is 0.762. The highest BCUT2D eigenvalue weighted by atomic mass is 32.3. The van der Waals surface area contributed by atoms with E-state index in [1.54, 1.807) is 0 Å². The van der Waals surface area contributed by atoms with E-state index in [4.69, 9.17) is 0 Å². The number of allylic oxidation sites excluding steroid dienone is 1. The third kappa shape index (κ3) is 6.57. The van der Waals surface area contributed by atoms with Gasteiger partial charge in [0.05, 0.1) is 0 Å². The molecule has 2 heteroatoms. The fraction of sp³-hybridized carbons (Fsp3) is 0.556. The van der Waals surface area contributed by atoms with Crippen molar-refractivity contribution in [3.63, 3.8) is 0 Å². The summed E-state index contributed by atoms with van der Waals surface area (Å²) in [5.41, 5.74) is 1.38. The van der Waals surface area contributed by atoms with Crippen LogP contribution in [0.4, 0.5) is 0 Å². The molecule has 0 bridgehead atoms. The van der Waals surface area contributed by atoms with Crippen LogP contribution in [0.5, 0.6) is 0 Å². The van der Waals surface area contributed by atoms with Gasteiger partial charge in [0.25, 0.3) is 0 Å². The Balaban J connectivity index is 4.23. The lowest BCUT2D eigenvalue weighted by atomic mass is 10.3. The molecule has 0 nitrogen and oxygen atoms in total. The van der Waals surface area contributed by atoms with E-state index in [9.17, 15) is 0 Å². The molecular formula is C9H18S2. The molecule has 0 amide bonds. The summed E-state index contributed by atoms with van der Waals surface area (Å²) >= 11 is 1.85. The average Bonchev–Trinajstić information content (AvgIpc) is 1.84. The molecule has 0 aliphatic carbocycles. The summed E-state index contributed by atoms with van der Waals surface area (Å²) in [6.45, 7) is 3.80. The second-order valence-corrected chi connectivity index (χ2v) is 8.23. The number of thioether (sulfide) groups is 1. The predicted molar refractivity (Wildman–Crippen MR) is 62.0 cm³/mol. The molecule has 0 aromatic heterocycles. The van der Waals surface area contributed by atoms with Gasteiger partial charge in [0.2, 0.25) is 0 Å². The van der Waals surface area contributed by atoms with Gasteiger partial charge in [0, 0.05) is 5.75 Å². The summed E-state index contributed by atoms with van der Waals surface area (Å²) in [5.74, 6) is 1.09. The third-order valence-corrected chi connectivity index (χ3v) is 2.71. The van der Waals surface area contributed by atoms with Crippen LogP contribution in [0.25, 0.3) is 0 Å². The quantitative estimate of drug-likeness (QED) is 0.614. The maximum absolute atomic E-state index is 3.80. The molecule has 0 radical (unpaired) electrons. The Kier molecular flexibility index (Phi) is 5.02. The summed E-state index contributed by atoms with van der Waals surface area (Å²) in [5, 5.41) is 2.36. The van der Waals surface area contributed by atoms with E-state index in [-0.39, 0.29) is 0 Å². The van der Waals surface area contributed by atoms with Crippen LogP contribution in [0.3, 0.4) is 0 Å². The van der Waals surface area contributed by atoms with Gasteiger partial charge in [-0.1, -0.05) is 12.7 Å². The zero-order chi connectivity index (χ0) is 8.91. The van der Waals surface area contributed by atoms with Gasteiger partial charge in [-0.3, -0.25) is 0 Å². The molecule has 0 saturated carbocycles. The van der Waals surface area contributed by atoms with Gasteiger partial charge in [-0.05, 0) is 36.0 Å². The van der Waals surface area contributed by atoms with Crippen LogP contribution in [0, 0.1) is 0 Å². The van der Waals surface area contributed by atoms with E-state index in [1.165, 1.54) is 5.57 Å². The Morgan fingerprint density at radius 1 is 1.45 bits per heavy atom. The smallest absolute Gasteiger partial charge is 0.0186 e. The van der Waals surface area contributed by atoms with E-state index in [2.05, 4.69) is 37.0 Å². The van der Waals surface area contributed by atoms with Crippen molar-refractivity contribution in [2.24, 2.45) is 0 Å². The second-order valence-electron chi connectivity index (χ2n) is 3.26. The molecule has 0 spiro atoms.